The van der Waals surface area contributed by atoms with Gasteiger partial charge in [-0.1, -0.05) is 13.8 Å². The molecule has 4 saturated carbocycles. The van der Waals surface area contributed by atoms with Gasteiger partial charge in [-0.3, -0.25) is 0 Å². The SMILES string of the molecule is C[C@]12CCC(OCCCN)CC1CC[C@@H]1[C@H]2CC[C@]2(C)C(/C=N/Nc3ncc[nH]3)CC[C@@]12O. The molecule has 7 nitrogen and oxygen atoms in total. The maximum Gasteiger partial charge on any atom is 0.220 e. The van der Waals surface area contributed by atoms with Crippen molar-refractivity contribution in [1.29, 1.82) is 0 Å². The van der Waals surface area contributed by atoms with Crippen LogP contribution in [0.25, 0.3) is 0 Å². The van der Waals surface area contributed by atoms with E-state index in [1.165, 1.54) is 25.7 Å². The van der Waals surface area contributed by atoms with E-state index >= 15 is 0 Å². The van der Waals surface area contributed by atoms with Crippen molar-refractivity contribution >= 4 is 12.2 Å². The smallest absolute Gasteiger partial charge is 0.220 e. The van der Waals surface area contributed by atoms with Crippen LogP contribution < -0.4 is 11.2 Å². The van der Waals surface area contributed by atoms with Crippen molar-refractivity contribution in [3.05, 3.63) is 12.4 Å². The van der Waals surface area contributed by atoms with Gasteiger partial charge in [0.15, 0.2) is 0 Å². The van der Waals surface area contributed by atoms with E-state index in [2.05, 4.69) is 34.3 Å². The molecule has 0 aliphatic heterocycles. The van der Waals surface area contributed by atoms with Gasteiger partial charge < -0.3 is 20.6 Å². The molecule has 5 N–H and O–H groups in total. The monoisotopic (exact) mass is 457 g/mol. The Bertz CT molecular complexity index is 831. The number of nitrogens with two attached hydrogens (primary N) is 1. The van der Waals surface area contributed by atoms with E-state index in [4.69, 9.17) is 10.5 Å². The van der Waals surface area contributed by atoms with Crippen LogP contribution in [0, 0.1) is 34.5 Å². The van der Waals surface area contributed by atoms with Crippen LogP contribution in [-0.2, 0) is 4.74 Å². The standard InChI is InChI=1S/C26H43N5O2/c1-24-9-7-20(33-15-3-12-27)16-18(24)4-5-22-21(24)8-10-25(2)19(6-11-26(22,25)32)17-30-31-23-28-13-14-29-23/h13-14,17-22,32H,3-12,15-16,27H2,1-2H3,(H2,28,29,31)/b30-17+/t18?,19?,20?,21-,22-,24+,25-,26-/m1/s1. The minimum Gasteiger partial charge on any atom is -0.389 e. The van der Waals surface area contributed by atoms with Gasteiger partial charge in [-0.15, -0.1) is 0 Å². The lowest BCUT2D eigenvalue weighted by Crippen LogP contribution is -2.62. The number of nitrogens with one attached hydrogen (secondary N) is 2. The Labute approximate surface area is 198 Å². The van der Waals surface area contributed by atoms with Gasteiger partial charge in [-0.2, -0.15) is 5.10 Å². The van der Waals surface area contributed by atoms with Crippen LogP contribution in [0.5, 0.6) is 0 Å². The summed E-state index contributed by atoms with van der Waals surface area (Å²) in [6, 6.07) is 0. The van der Waals surface area contributed by atoms with Gasteiger partial charge in [0, 0.05) is 36.5 Å². The molecule has 0 saturated heterocycles. The zero-order valence-electron chi connectivity index (χ0n) is 20.4. The van der Waals surface area contributed by atoms with E-state index in [-0.39, 0.29) is 5.41 Å². The number of hydrogen-bond acceptors (Lipinski definition) is 6. The number of hydrogen-bond donors (Lipinski definition) is 4. The molecule has 4 aliphatic carbocycles. The lowest BCUT2D eigenvalue weighted by atomic mass is 9.43. The molecule has 1 aromatic rings. The molecule has 8 atom stereocenters. The molecule has 1 heterocycles. The quantitative estimate of drug-likeness (QED) is 0.277. The fourth-order valence-electron chi connectivity index (χ4n) is 8.47. The van der Waals surface area contributed by atoms with Crippen LogP contribution >= 0.6 is 0 Å². The molecular weight excluding hydrogens is 414 g/mol. The van der Waals surface area contributed by atoms with Crippen LogP contribution in [0.1, 0.15) is 78.1 Å². The summed E-state index contributed by atoms with van der Waals surface area (Å²) in [4.78, 5) is 7.20. The highest BCUT2D eigenvalue weighted by molar-refractivity contribution is 5.64. The Morgan fingerprint density at radius 3 is 2.88 bits per heavy atom. The molecule has 0 bridgehead atoms. The fourth-order valence-corrected chi connectivity index (χ4v) is 8.47. The van der Waals surface area contributed by atoms with E-state index in [0.717, 1.165) is 51.0 Å². The number of aromatic nitrogens is 2. The van der Waals surface area contributed by atoms with Crippen LogP contribution in [-0.4, -0.2) is 46.1 Å². The van der Waals surface area contributed by atoms with Crippen LogP contribution in [0.2, 0.25) is 0 Å². The zero-order chi connectivity index (χ0) is 23.1. The van der Waals surface area contributed by atoms with Gasteiger partial charge in [0.25, 0.3) is 0 Å². The van der Waals surface area contributed by atoms with Gasteiger partial charge in [-0.25, -0.2) is 10.4 Å². The first-order chi connectivity index (χ1) is 15.9. The molecule has 1 aromatic heterocycles. The third-order valence-electron chi connectivity index (χ3n) is 10.5. The molecule has 184 valence electrons. The predicted molar refractivity (Wildman–Crippen MR) is 131 cm³/mol. The van der Waals surface area contributed by atoms with Crippen LogP contribution in [0.3, 0.4) is 0 Å². The van der Waals surface area contributed by atoms with Crippen molar-refractivity contribution in [3.63, 3.8) is 0 Å². The number of rotatable bonds is 7. The van der Waals surface area contributed by atoms with Crippen molar-refractivity contribution in [1.82, 2.24) is 9.97 Å². The molecule has 33 heavy (non-hydrogen) atoms. The highest BCUT2D eigenvalue weighted by atomic mass is 16.5. The Hall–Kier alpha value is -1.44. The van der Waals surface area contributed by atoms with Crippen LogP contribution in [0.15, 0.2) is 17.5 Å². The average molecular weight is 458 g/mol. The van der Waals surface area contributed by atoms with Gasteiger partial charge >= 0.3 is 0 Å². The Morgan fingerprint density at radius 1 is 1.21 bits per heavy atom. The molecule has 0 spiro atoms. The third kappa shape index (κ3) is 3.84. The second kappa shape index (κ2) is 8.97. The van der Waals surface area contributed by atoms with Crippen molar-refractivity contribution in [2.24, 2.45) is 45.3 Å². The van der Waals surface area contributed by atoms with Crippen molar-refractivity contribution < 1.29 is 9.84 Å². The van der Waals surface area contributed by atoms with Crippen molar-refractivity contribution in [2.45, 2.75) is 89.8 Å². The molecular formula is C26H43N5O2. The molecule has 5 rings (SSSR count). The molecule has 4 fully saturated rings. The van der Waals surface area contributed by atoms with Crippen molar-refractivity contribution in [3.8, 4) is 0 Å². The summed E-state index contributed by atoms with van der Waals surface area (Å²) in [6.45, 7) is 6.38. The van der Waals surface area contributed by atoms with Gasteiger partial charge in [0.1, 0.15) is 0 Å². The predicted octanol–water partition coefficient (Wildman–Crippen LogP) is 4.32. The molecule has 0 aromatic carbocycles. The Balaban J connectivity index is 1.28. The van der Waals surface area contributed by atoms with Crippen LogP contribution in [0.4, 0.5) is 5.95 Å². The number of aromatic amines is 1. The normalized spacial score (nSPS) is 44.9. The second-order valence-electron chi connectivity index (χ2n) is 11.8. The maximum absolute atomic E-state index is 12.3. The summed E-state index contributed by atoms with van der Waals surface area (Å²) in [7, 11) is 0. The summed E-state index contributed by atoms with van der Waals surface area (Å²) >= 11 is 0. The van der Waals surface area contributed by atoms with Gasteiger partial charge in [0.2, 0.25) is 5.95 Å². The first-order valence-electron chi connectivity index (χ1n) is 13.2. The maximum atomic E-state index is 12.3. The highest BCUT2D eigenvalue weighted by Crippen LogP contribution is 2.68. The van der Waals surface area contributed by atoms with E-state index < -0.39 is 5.60 Å². The third-order valence-corrected chi connectivity index (χ3v) is 10.5. The summed E-state index contributed by atoms with van der Waals surface area (Å²) in [6.07, 6.45) is 17.1. The first kappa shape index (κ1) is 23.3. The lowest BCUT2D eigenvalue weighted by molar-refractivity contribution is -0.207. The number of ether oxygens (including phenoxy) is 1. The van der Waals surface area contributed by atoms with E-state index in [1.807, 2.05) is 6.21 Å². The van der Waals surface area contributed by atoms with E-state index in [1.54, 1.807) is 12.4 Å². The minimum atomic E-state index is -0.584. The highest BCUT2D eigenvalue weighted by Gasteiger charge is 2.66. The average Bonchev–Trinajstić information content (AvgIpc) is 3.41. The molecule has 7 heteroatoms. The van der Waals surface area contributed by atoms with E-state index in [0.29, 0.717) is 41.8 Å². The number of H-pyrrole nitrogens is 1. The number of aliphatic hydroxyl groups is 1. The molecule has 0 radical (unpaired) electrons. The Kier molecular flexibility index (Phi) is 6.34. The minimum absolute atomic E-state index is 0.103. The number of fused-ring (bicyclic) bond motifs is 5. The lowest BCUT2D eigenvalue weighted by Gasteiger charge is -2.63. The summed E-state index contributed by atoms with van der Waals surface area (Å²) in [5, 5.41) is 16.8. The second-order valence-corrected chi connectivity index (χ2v) is 11.8. The zero-order valence-corrected chi connectivity index (χ0v) is 20.4. The largest absolute Gasteiger partial charge is 0.389 e. The number of imidazole rings is 1. The first-order valence-corrected chi connectivity index (χ1v) is 13.2. The molecule has 4 aliphatic rings. The number of hydrazone groups is 1. The number of nitrogens with zero attached hydrogens (tertiary/aromatic N) is 2. The van der Waals surface area contributed by atoms with Gasteiger partial charge in [-0.05, 0) is 93.9 Å². The summed E-state index contributed by atoms with van der Waals surface area (Å²) in [5.41, 5.74) is 8.30. The number of anilines is 1. The summed E-state index contributed by atoms with van der Waals surface area (Å²) in [5.74, 6) is 2.70. The Morgan fingerprint density at radius 2 is 2.09 bits per heavy atom. The molecule has 0 amide bonds. The topological polar surface area (TPSA) is 109 Å². The fraction of sp³-hybridized carbons (Fsp3) is 0.846. The summed E-state index contributed by atoms with van der Waals surface area (Å²) < 4.78 is 6.18. The molecule has 3 unspecified atom stereocenters. The van der Waals surface area contributed by atoms with Gasteiger partial charge in [0.05, 0.1) is 11.7 Å². The van der Waals surface area contributed by atoms with E-state index in [9.17, 15) is 5.11 Å². The van der Waals surface area contributed by atoms with Crippen molar-refractivity contribution in [2.75, 3.05) is 18.6 Å².